The van der Waals surface area contributed by atoms with Crippen molar-refractivity contribution in [2.24, 2.45) is 0 Å². The molecule has 1 aromatic heterocycles. The van der Waals surface area contributed by atoms with Gasteiger partial charge in [0.25, 0.3) is 5.91 Å². The number of carbonyl (C=O) groups is 1. The molecule has 0 saturated heterocycles. The normalized spacial score (nSPS) is 10.2. The number of aromatic nitrogens is 1. The lowest BCUT2D eigenvalue weighted by molar-refractivity contribution is 0.0953. The summed E-state index contributed by atoms with van der Waals surface area (Å²) in [6, 6.07) is 4.28. The second-order valence-electron chi connectivity index (χ2n) is 4.42. The second-order valence-corrected chi connectivity index (χ2v) is 4.83. The van der Waals surface area contributed by atoms with E-state index in [9.17, 15) is 9.18 Å². The molecule has 0 aliphatic rings. The molecule has 0 aliphatic carbocycles. The van der Waals surface area contributed by atoms with Gasteiger partial charge in [-0.1, -0.05) is 22.8 Å². The van der Waals surface area contributed by atoms with Gasteiger partial charge in [0.2, 0.25) is 0 Å². The molecule has 0 saturated carbocycles. The number of likely N-dealkylation sites (N-methyl/N-ethyl adjacent to an activating group) is 1. The number of rotatable bonds is 5. The zero-order valence-electron chi connectivity index (χ0n) is 12.1. The monoisotopic (exact) mass is 347 g/mol. The predicted molar refractivity (Wildman–Crippen MR) is 85.2 cm³/mol. The van der Waals surface area contributed by atoms with E-state index in [1.807, 2.05) is 0 Å². The molecule has 5 nitrogen and oxygen atoms in total. The molecule has 0 unspecified atom stereocenters. The molecule has 0 spiro atoms. The molecule has 0 atom stereocenters. The highest BCUT2D eigenvalue weighted by atomic mass is 35.5. The number of aryl methyl sites for hydroxylation is 1. The molecule has 1 aromatic carbocycles. The van der Waals surface area contributed by atoms with Crippen molar-refractivity contribution in [3.63, 3.8) is 0 Å². The molecule has 2 rings (SSSR count). The summed E-state index contributed by atoms with van der Waals surface area (Å²) >= 11 is 6.01. The summed E-state index contributed by atoms with van der Waals surface area (Å²) in [4.78, 5) is 12.2. The van der Waals surface area contributed by atoms with Gasteiger partial charge < -0.3 is 15.2 Å². The van der Waals surface area contributed by atoms with Gasteiger partial charge in [-0.2, -0.15) is 0 Å². The van der Waals surface area contributed by atoms with Crippen molar-refractivity contribution in [2.75, 3.05) is 20.1 Å². The van der Waals surface area contributed by atoms with E-state index in [2.05, 4.69) is 15.8 Å². The SMILES string of the molecule is CNCCNC(=O)c1c(-c2c(F)cccc2Cl)noc1C.Cl. The lowest BCUT2D eigenvalue weighted by Crippen LogP contribution is -2.30. The molecule has 1 amide bonds. The Morgan fingerprint density at radius 2 is 2.14 bits per heavy atom. The Hall–Kier alpha value is -1.63. The first-order valence-corrected chi connectivity index (χ1v) is 6.77. The zero-order valence-corrected chi connectivity index (χ0v) is 13.6. The van der Waals surface area contributed by atoms with E-state index in [0.29, 0.717) is 18.8 Å². The van der Waals surface area contributed by atoms with Crippen LogP contribution in [0.25, 0.3) is 11.3 Å². The van der Waals surface area contributed by atoms with Gasteiger partial charge in [-0.05, 0) is 26.1 Å². The third kappa shape index (κ3) is 3.76. The van der Waals surface area contributed by atoms with Crippen LogP contribution in [0, 0.1) is 12.7 Å². The predicted octanol–water partition coefficient (Wildman–Crippen LogP) is 2.81. The van der Waals surface area contributed by atoms with Gasteiger partial charge in [0.15, 0.2) is 0 Å². The van der Waals surface area contributed by atoms with Crippen LogP contribution in [0.2, 0.25) is 5.02 Å². The van der Waals surface area contributed by atoms with Crippen LogP contribution in [-0.4, -0.2) is 31.2 Å². The summed E-state index contributed by atoms with van der Waals surface area (Å²) in [6.07, 6.45) is 0. The highest BCUT2D eigenvalue weighted by Gasteiger charge is 2.24. The van der Waals surface area contributed by atoms with Crippen molar-refractivity contribution < 1.29 is 13.7 Å². The van der Waals surface area contributed by atoms with E-state index >= 15 is 0 Å². The Labute approximate surface area is 138 Å². The highest BCUT2D eigenvalue weighted by molar-refractivity contribution is 6.33. The van der Waals surface area contributed by atoms with Gasteiger partial charge >= 0.3 is 0 Å². The molecular formula is C14H16Cl2FN3O2. The van der Waals surface area contributed by atoms with Gasteiger partial charge in [0.1, 0.15) is 22.8 Å². The first-order valence-electron chi connectivity index (χ1n) is 6.39. The zero-order chi connectivity index (χ0) is 15.4. The smallest absolute Gasteiger partial charge is 0.257 e. The van der Waals surface area contributed by atoms with Crippen LogP contribution in [0.4, 0.5) is 4.39 Å². The molecule has 22 heavy (non-hydrogen) atoms. The molecule has 2 aromatic rings. The van der Waals surface area contributed by atoms with Crippen molar-refractivity contribution in [3.05, 3.63) is 40.4 Å². The van der Waals surface area contributed by atoms with Crippen molar-refractivity contribution >= 4 is 29.9 Å². The van der Waals surface area contributed by atoms with Gasteiger partial charge in [-0.15, -0.1) is 12.4 Å². The van der Waals surface area contributed by atoms with Crippen molar-refractivity contribution in [3.8, 4) is 11.3 Å². The van der Waals surface area contributed by atoms with Crippen LogP contribution < -0.4 is 10.6 Å². The van der Waals surface area contributed by atoms with E-state index < -0.39 is 5.82 Å². The maximum atomic E-state index is 14.0. The standard InChI is InChI=1S/C14H15ClFN3O2.ClH/c1-8-11(14(20)18-7-6-17-2)13(19-21-8)12-9(15)4-3-5-10(12)16;/h3-5,17H,6-7H2,1-2H3,(H,18,20);1H. The summed E-state index contributed by atoms with van der Waals surface area (Å²) in [5.74, 6) is -0.621. The van der Waals surface area contributed by atoms with E-state index in [4.69, 9.17) is 16.1 Å². The molecule has 2 N–H and O–H groups in total. The van der Waals surface area contributed by atoms with E-state index in [1.165, 1.54) is 18.2 Å². The third-order valence-corrected chi connectivity index (χ3v) is 3.26. The van der Waals surface area contributed by atoms with Crippen LogP contribution >= 0.6 is 24.0 Å². The Morgan fingerprint density at radius 1 is 1.41 bits per heavy atom. The van der Waals surface area contributed by atoms with Crippen LogP contribution in [0.15, 0.2) is 22.7 Å². The summed E-state index contributed by atoms with van der Waals surface area (Å²) in [6.45, 7) is 2.65. The van der Waals surface area contributed by atoms with Gasteiger partial charge in [0.05, 0.1) is 10.6 Å². The number of carbonyl (C=O) groups excluding carboxylic acids is 1. The maximum Gasteiger partial charge on any atom is 0.257 e. The van der Waals surface area contributed by atoms with Crippen LogP contribution in [0.5, 0.6) is 0 Å². The fourth-order valence-electron chi connectivity index (χ4n) is 1.92. The summed E-state index contributed by atoms with van der Waals surface area (Å²) in [5, 5.41) is 9.58. The number of nitrogens with zero attached hydrogens (tertiary/aromatic N) is 1. The number of halogens is 3. The molecule has 0 radical (unpaired) electrons. The average molecular weight is 348 g/mol. The number of amides is 1. The lowest BCUT2D eigenvalue weighted by atomic mass is 10.0. The second kappa shape index (κ2) is 8.12. The number of nitrogens with one attached hydrogen (secondary N) is 2. The average Bonchev–Trinajstić information content (AvgIpc) is 2.80. The van der Waals surface area contributed by atoms with Crippen molar-refractivity contribution in [2.45, 2.75) is 6.92 Å². The summed E-state index contributed by atoms with van der Waals surface area (Å²) < 4.78 is 19.0. The van der Waals surface area contributed by atoms with Gasteiger partial charge in [-0.3, -0.25) is 4.79 Å². The molecule has 0 aliphatic heterocycles. The molecule has 8 heteroatoms. The Morgan fingerprint density at radius 3 is 2.77 bits per heavy atom. The Bertz CT molecular complexity index is 641. The molecular weight excluding hydrogens is 332 g/mol. The van der Waals surface area contributed by atoms with Crippen molar-refractivity contribution in [1.82, 2.24) is 15.8 Å². The molecule has 0 fully saturated rings. The van der Waals surface area contributed by atoms with E-state index in [-0.39, 0.29) is 40.2 Å². The first-order chi connectivity index (χ1) is 10.1. The Balaban J connectivity index is 0.00000242. The van der Waals surface area contributed by atoms with Crippen LogP contribution in [0.1, 0.15) is 16.1 Å². The minimum absolute atomic E-state index is 0. The van der Waals surface area contributed by atoms with Crippen molar-refractivity contribution in [1.29, 1.82) is 0 Å². The lowest BCUT2D eigenvalue weighted by Gasteiger charge is -2.07. The van der Waals surface area contributed by atoms with Crippen LogP contribution in [-0.2, 0) is 0 Å². The largest absolute Gasteiger partial charge is 0.360 e. The molecule has 1 heterocycles. The minimum Gasteiger partial charge on any atom is -0.360 e. The minimum atomic E-state index is -0.555. The van der Waals surface area contributed by atoms with E-state index in [0.717, 1.165) is 0 Å². The fraction of sp³-hybridized carbons (Fsp3) is 0.286. The number of hydrogen-bond donors (Lipinski definition) is 2. The summed E-state index contributed by atoms with van der Waals surface area (Å²) in [5.41, 5.74) is 0.366. The highest BCUT2D eigenvalue weighted by Crippen LogP contribution is 2.33. The molecule has 0 bridgehead atoms. The summed E-state index contributed by atoms with van der Waals surface area (Å²) in [7, 11) is 1.78. The molecule has 120 valence electrons. The van der Waals surface area contributed by atoms with Gasteiger partial charge in [0, 0.05) is 13.1 Å². The topological polar surface area (TPSA) is 67.2 Å². The Kier molecular flexibility index (Phi) is 6.80. The van der Waals surface area contributed by atoms with E-state index in [1.54, 1.807) is 14.0 Å². The van der Waals surface area contributed by atoms with Gasteiger partial charge in [-0.25, -0.2) is 4.39 Å². The fourth-order valence-corrected chi connectivity index (χ4v) is 2.18. The number of benzene rings is 1. The first kappa shape index (κ1) is 18.4. The number of hydrogen-bond acceptors (Lipinski definition) is 4. The third-order valence-electron chi connectivity index (χ3n) is 2.95. The van der Waals surface area contributed by atoms with Crippen LogP contribution in [0.3, 0.4) is 0 Å². The quantitative estimate of drug-likeness (QED) is 0.816. The maximum absolute atomic E-state index is 14.0.